The number of benzene rings is 2. The fourth-order valence-electron chi connectivity index (χ4n) is 3.30. The maximum Gasteiger partial charge on any atom is 0.162 e. The minimum absolute atomic E-state index is 0.310. The molecular weight excluding hydrogens is 391 g/mol. The zero-order valence-corrected chi connectivity index (χ0v) is 15.8. The molecule has 29 heavy (non-hydrogen) atoms. The van der Waals surface area contributed by atoms with Crippen molar-refractivity contribution in [3.63, 3.8) is 0 Å². The highest BCUT2D eigenvalue weighted by atomic mass is 35.5. The Morgan fingerprint density at radius 1 is 1.03 bits per heavy atom. The molecule has 0 radical (unpaired) electrons. The summed E-state index contributed by atoms with van der Waals surface area (Å²) in [6, 6.07) is 13.9. The Morgan fingerprint density at radius 2 is 1.93 bits per heavy atom. The van der Waals surface area contributed by atoms with Crippen molar-refractivity contribution in [3.05, 3.63) is 77.7 Å². The molecule has 0 aliphatic rings. The Kier molecular flexibility index (Phi) is 4.29. The zero-order chi connectivity index (χ0) is 19.8. The molecule has 0 atom stereocenters. The lowest BCUT2D eigenvalue weighted by Crippen LogP contribution is -2.06. The van der Waals surface area contributed by atoms with Crippen LogP contribution in [0.4, 0.5) is 10.2 Å². The molecule has 0 saturated heterocycles. The van der Waals surface area contributed by atoms with E-state index in [9.17, 15) is 4.39 Å². The average molecular weight is 405 g/mol. The van der Waals surface area contributed by atoms with E-state index < -0.39 is 0 Å². The molecule has 0 aliphatic heterocycles. The van der Waals surface area contributed by atoms with Crippen LogP contribution in [-0.2, 0) is 6.54 Å². The van der Waals surface area contributed by atoms with Gasteiger partial charge in [-0.2, -0.15) is 0 Å². The van der Waals surface area contributed by atoms with Gasteiger partial charge < -0.3 is 10.3 Å². The van der Waals surface area contributed by atoms with Crippen LogP contribution in [-0.4, -0.2) is 24.9 Å². The highest BCUT2D eigenvalue weighted by molar-refractivity contribution is 6.35. The fraction of sp³-hybridized carbons (Fsp3) is 0.0476. The summed E-state index contributed by atoms with van der Waals surface area (Å²) in [6.07, 6.45) is 3.03. The Balaban J connectivity index is 1.61. The summed E-state index contributed by atoms with van der Waals surface area (Å²) < 4.78 is 13.9. The number of hydrogen-bond donors (Lipinski definition) is 2. The first-order valence-corrected chi connectivity index (χ1v) is 9.29. The van der Waals surface area contributed by atoms with Crippen LogP contribution >= 0.6 is 11.6 Å². The SMILES string of the molecule is Fc1cccc(-c2cc3c(Cl)cccc3nc2CNc2ncnc3[nH]cnc23)c1. The van der Waals surface area contributed by atoms with E-state index in [4.69, 9.17) is 16.6 Å². The molecule has 0 saturated carbocycles. The van der Waals surface area contributed by atoms with E-state index in [0.717, 1.165) is 27.7 Å². The molecule has 2 N–H and O–H groups in total. The number of H-pyrrole nitrogens is 1. The summed E-state index contributed by atoms with van der Waals surface area (Å²) in [7, 11) is 0. The van der Waals surface area contributed by atoms with Gasteiger partial charge >= 0.3 is 0 Å². The predicted molar refractivity (Wildman–Crippen MR) is 111 cm³/mol. The van der Waals surface area contributed by atoms with Gasteiger partial charge in [-0.15, -0.1) is 0 Å². The standard InChI is InChI=1S/C21H14ClFN6/c22-16-5-2-6-17-15(16)8-14(12-3-1-4-13(23)7-12)18(29-17)9-24-20-19-21(26-10-25-19)28-11-27-20/h1-8,10-11H,9H2,(H2,24,25,26,27,28). The van der Waals surface area contributed by atoms with Crippen molar-refractivity contribution in [2.24, 2.45) is 0 Å². The zero-order valence-electron chi connectivity index (χ0n) is 15.0. The molecule has 3 aromatic heterocycles. The van der Waals surface area contributed by atoms with E-state index in [2.05, 4.69) is 25.3 Å². The molecule has 0 fully saturated rings. The molecule has 142 valence electrons. The number of pyridine rings is 1. The van der Waals surface area contributed by atoms with Crippen molar-refractivity contribution in [1.29, 1.82) is 0 Å². The molecule has 0 aliphatic carbocycles. The number of nitrogens with one attached hydrogen (secondary N) is 2. The lowest BCUT2D eigenvalue weighted by molar-refractivity contribution is 0.628. The van der Waals surface area contributed by atoms with E-state index in [1.165, 1.54) is 18.5 Å². The molecule has 8 heteroatoms. The minimum Gasteiger partial charge on any atom is -0.362 e. The number of anilines is 1. The van der Waals surface area contributed by atoms with Gasteiger partial charge in [-0.05, 0) is 35.9 Å². The van der Waals surface area contributed by atoms with Crippen molar-refractivity contribution in [2.45, 2.75) is 6.54 Å². The van der Waals surface area contributed by atoms with Gasteiger partial charge in [0.05, 0.1) is 24.1 Å². The van der Waals surface area contributed by atoms with Gasteiger partial charge in [-0.25, -0.2) is 19.3 Å². The normalized spacial score (nSPS) is 11.2. The topological polar surface area (TPSA) is 79.4 Å². The molecule has 6 nitrogen and oxygen atoms in total. The van der Waals surface area contributed by atoms with Gasteiger partial charge in [0.15, 0.2) is 11.5 Å². The Bertz CT molecular complexity index is 1350. The van der Waals surface area contributed by atoms with E-state index in [0.29, 0.717) is 28.5 Å². The number of fused-ring (bicyclic) bond motifs is 2. The largest absolute Gasteiger partial charge is 0.362 e. The molecule has 0 unspecified atom stereocenters. The van der Waals surface area contributed by atoms with Crippen LogP contribution in [0.25, 0.3) is 33.2 Å². The van der Waals surface area contributed by atoms with E-state index in [1.807, 2.05) is 30.3 Å². The Labute approximate surface area is 169 Å². The predicted octanol–water partition coefficient (Wildman–Crippen LogP) is 4.97. The number of hydrogen-bond acceptors (Lipinski definition) is 5. The second-order valence-electron chi connectivity index (χ2n) is 6.48. The van der Waals surface area contributed by atoms with Gasteiger partial charge in [-0.1, -0.05) is 29.8 Å². The first kappa shape index (κ1) is 17.5. The molecule has 0 bridgehead atoms. The number of halogens is 2. The van der Waals surface area contributed by atoms with Crippen LogP contribution in [0.2, 0.25) is 5.02 Å². The second-order valence-corrected chi connectivity index (χ2v) is 6.88. The third-order valence-electron chi connectivity index (χ3n) is 4.66. The van der Waals surface area contributed by atoms with Crippen LogP contribution in [0.5, 0.6) is 0 Å². The van der Waals surface area contributed by atoms with Gasteiger partial charge in [-0.3, -0.25) is 4.98 Å². The third-order valence-corrected chi connectivity index (χ3v) is 4.99. The van der Waals surface area contributed by atoms with Crippen molar-refractivity contribution >= 4 is 39.5 Å². The minimum atomic E-state index is -0.310. The lowest BCUT2D eigenvalue weighted by atomic mass is 10.0. The smallest absolute Gasteiger partial charge is 0.162 e. The van der Waals surface area contributed by atoms with Crippen LogP contribution in [0, 0.1) is 5.82 Å². The highest BCUT2D eigenvalue weighted by Crippen LogP contribution is 2.31. The summed E-state index contributed by atoms with van der Waals surface area (Å²) in [5.74, 6) is 0.282. The summed E-state index contributed by atoms with van der Waals surface area (Å²) >= 11 is 6.37. The first-order chi connectivity index (χ1) is 14.2. The summed E-state index contributed by atoms with van der Waals surface area (Å²) in [5.41, 5.74) is 4.32. The second kappa shape index (κ2) is 7.10. The number of imidazole rings is 1. The van der Waals surface area contributed by atoms with Gasteiger partial charge in [0.2, 0.25) is 0 Å². The molecule has 2 aromatic carbocycles. The number of aromatic amines is 1. The van der Waals surface area contributed by atoms with Crippen LogP contribution in [0.3, 0.4) is 0 Å². The molecule has 0 amide bonds. The van der Waals surface area contributed by atoms with Gasteiger partial charge in [0, 0.05) is 16.0 Å². The van der Waals surface area contributed by atoms with Crippen molar-refractivity contribution in [2.75, 3.05) is 5.32 Å². The number of rotatable bonds is 4. The molecule has 3 heterocycles. The van der Waals surface area contributed by atoms with E-state index >= 15 is 0 Å². The van der Waals surface area contributed by atoms with E-state index in [1.54, 1.807) is 12.4 Å². The monoisotopic (exact) mass is 404 g/mol. The maximum absolute atomic E-state index is 13.9. The van der Waals surface area contributed by atoms with E-state index in [-0.39, 0.29) is 5.82 Å². The van der Waals surface area contributed by atoms with Crippen molar-refractivity contribution in [1.82, 2.24) is 24.9 Å². The Hall–Kier alpha value is -3.58. The van der Waals surface area contributed by atoms with Crippen LogP contribution < -0.4 is 5.32 Å². The quantitative estimate of drug-likeness (QED) is 0.442. The maximum atomic E-state index is 13.9. The van der Waals surface area contributed by atoms with Gasteiger partial charge in [0.25, 0.3) is 0 Å². The molecule has 5 rings (SSSR count). The molecular formula is C21H14ClFN6. The van der Waals surface area contributed by atoms with Crippen molar-refractivity contribution < 1.29 is 4.39 Å². The Morgan fingerprint density at radius 3 is 2.83 bits per heavy atom. The number of aromatic nitrogens is 5. The van der Waals surface area contributed by atoms with Crippen LogP contribution in [0.1, 0.15) is 5.69 Å². The fourth-order valence-corrected chi connectivity index (χ4v) is 3.53. The first-order valence-electron chi connectivity index (χ1n) is 8.91. The highest BCUT2D eigenvalue weighted by Gasteiger charge is 2.13. The third kappa shape index (κ3) is 3.25. The molecule has 0 spiro atoms. The summed E-state index contributed by atoms with van der Waals surface area (Å²) in [4.78, 5) is 20.4. The van der Waals surface area contributed by atoms with Crippen LogP contribution in [0.15, 0.2) is 61.2 Å². The summed E-state index contributed by atoms with van der Waals surface area (Å²) in [6.45, 7) is 0.368. The lowest BCUT2D eigenvalue weighted by Gasteiger charge is -2.13. The van der Waals surface area contributed by atoms with Gasteiger partial charge in [0.1, 0.15) is 17.7 Å². The number of nitrogens with zero attached hydrogens (tertiary/aromatic N) is 4. The average Bonchev–Trinajstić information content (AvgIpc) is 3.21. The van der Waals surface area contributed by atoms with Crippen molar-refractivity contribution in [3.8, 4) is 11.1 Å². The molecule has 5 aromatic rings. The summed E-state index contributed by atoms with van der Waals surface area (Å²) in [5, 5.41) is 4.68.